The number of nitrogens with zero attached hydrogens (tertiary/aromatic N) is 3. The monoisotopic (exact) mass is 545 g/mol. The van der Waals surface area contributed by atoms with Crippen molar-refractivity contribution in [1.29, 1.82) is 0 Å². The number of rotatable bonds is 6. The minimum absolute atomic E-state index is 0.0415. The molecule has 2 saturated heterocycles. The quantitative estimate of drug-likeness (QED) is 0.484. The molecular formula is C29H34ClF2N3O3. The summed E-state index contributed by atoms with van der Waals surface area (Å²) >= 11 is 5.94. The Labute approximate surface area is 227 Å². The van der Waals surface area contributed by atoms with Gasteiger partial charge in [0.2, 0.25) is 17.7 Å². The second kappa shape index (κ2) is 10.8. The number of hydrogen-bond acceptors (Lipinski definition) is 4. The van der Waals surface area contributed by atoms with Crippen LogP contribution in [0.3, 0.4) is 0 Å². The summed E-state index contributed by atoms with van der Waals surface area (Å²) in [7, 11) is 0. The zero-order valence-electron chi connectivity index (χ0n) is 21.8. The van der Waals surface area contributed by atoms with Gasteiger partial charge in [0, 0.05) is 61.6 Å². The molecule has 1 aliphatic carbocycles. The van der Waals surface area contributed by atoms with E-state index >= 15 is 0 Å². The Morgan fingerprint density at radius 3 is 2.39 bits per heavy atom. The van der Waals surface area contributed by atoms with E-state index < -0.39 is 11.6 Å². The number of aromatic nitrogens is 1. The molecule has 204 valence electrons. The highest BCUT2D eigenvalue weighted by molar-refractivity contribution is 6.30. The van der Waals surface area contributed by atoms with Crippen molar-refractivity contribution in [1.82, 2.24) is 14.8 Å². The first-order valence-corrected chi connectivity index (χ1v) is 13.8. The lowest BCUT2D eigenvalue weighted by Crippen LogP contribution is -2.50. The maximum absolute atomic E-state index is 14.2. The number of piperidine rings is 2. The highest BCUT2D eigenvalue weighted by atomic mass is 35.5. The summed E-state index contributed by atoms with van der Waals surface area (Å²) < 4.78 is 34.1. The molecule has 1 saturated carbocycles. The molecule has 0 N–H and O–H groups in total. The van der Waals surface area contributed by atoms with E-state index in [0.29, 0.717) is 61.9 Å². The third-order valence-electron chi connectivity index (χ3n) is 8.61. The molecule has 3 aliphatic rings. The highest BCUT2D eigenvalue weighted by Gasteiger charge is 2.48. The van der Waals surface area contributed by atoms with Gasteiger partial charge in [0.25, 0.3) is 0 Å². The number of ether oxygens (including phenoxy) is 1. The Balaban J connectivity index is 1.28. The van der Waals surface area contributed by atoms with Gasteiger partial charge in [0.1, 0.15) is 6.10 Å². The van der Waals surface area contributed by atoms with Gasteiger partial charge in [-0.25, -0.2) is 13.8 Å². The molecule has 3 heterocycles. The van der Waals surface area contributed by atoms with Crippen LogP contribution in [0.4, 0.5) is 8.78 Å². The van der Waals surface area contributed by atoms with Crippen molar-refractivity contribution >= 4 is 23.4 Å². The van der Waals surface area contributed by atoms with E-state index in [9.17, 15) is 18.4 Å². The van der Waals surface area contributed by atoms with Crippen LogP contribution in [-0.4, -0.2) is 58.9 Å². The Bertz CT molecular complexity index is 1180. The average molecular weight is 546 g/mol. The van der Waals surface area contributed by atoms with E-state index in [1.165, 1.54) is 12.3 Å². The summed E-state index contributed by atoms with van der Waals surface area (Å²) in [6.07, 6.45) is 5.08. The van der Waals surface area contributed by atoms with Gasteiger partial charge >= 0.3 is 0 Å². The third-order valence-corrected chi connectivity index (χ3v) is 8.83. The smallest absolute Gasteiger partial charge is 0.228 e. The molecule has 2 amide bonds. The lowest BCUT2D eigenvalue weighted by atomic mass is 9.77. The standard InChI is InChI=1S/C29H34ClF2N3O3/c1-18(38-26-6-4-21(30)16-33-26)22-9-14-35(17-23(22)20-3-5-24(31)25(32)15-20)27(36)19-7-12-34(13-8-19)28(37)29(2)10-11-29/h3-6,15-16,18-19,22-23H,7-14,17H2,1-2H3/t18-,22+,23+/m0/s1. The van der Waals surface area contributed by atoms with Crippen molar-refractivity contribution in [2.24, 2.45) is 17.3 Å². The highest BCUT2D eigenvalue weighted by Crippen LogP contribution is 2.47. The number of amides is 2. The molecular weight excluding hydrogens is 512 g/mol. The molecule has 3 atom stereocenters. The van der Waals surface area contributed by atoms with E-state index in [4.69, 9.17) is 16.3 Å². The van der Waals surface area contributed by atoms with Crippen LogP contribution in [0.25, 0.3) is 0 Å². The Morgan fingerprint density at radius 1 is 1.05 bits per heavy atom. The Kier molecular flexibility index (Phi) is 7.63. The minimum atomic E-state index is -0.904. The molecule has 2 aromatic rings. The number of carbonyl (C=O) groups excluding carboxylic acids is 2. The summed E-state index contributed by atoms with van der Waals surface area (Å²) in [5, 5.41) is 0.508. The molecule has 2 aliphatic heterocycles. The number of pyridine rings is 1. The molecule has 5 rings (SSSR count). The summed E-state index contributed by atoms with van der Waals surface area (Å²) in [5.41, 5.74) is 0.445. The van der Waals surface area contributed by atoms with Crippen LogP contribution in [0.5, 0.6) is 5.88 Å². The summed E-state index contributed by atoms with van der Waals surface area (Å²) in [4.78, 5) is 34.3. The zero-order chi connectivity index (χ0) is 27.0. The second-order valence-corrected chi connectivity index (χ2v) is 11.7. The van der Waals surface area contributed by atoms with Crippen molar-refractivity contribution < 1.29 is 23.1 Å². The van der Waals surface area contributed by atoms with E-state index in [-0.39, 0.29) is 41.1 Å². The van der Waals surface area contributed by atoms with E-state index in [1.54, 1.807) is 18.2 Å². The fourth-order valence-corrected chi connectivity index (χ4v) is 6.02. The summed E-state index contributed by atoms with van der Waals surface area (Å²) in [6.45, 7) is 6.12. The predicted molar refractivity (Wildman–Crippen MR) is 140 cm³/mol. The van der Waals surface area contributed by atoms with Crippen LogP contribution >= 0.6 is 11.6 Å². The van der Waals surface area contributed by atoms with Gasteiger partial charge in [-0.1, -0.05) is 24.6 Å². The average Bonchev–Trinajstić information content (AvgIpc) is 3.68. The van der Waals surface area contributed by atoms with Gasteiger partial charge in [-0.2, -0.15) is 0 Å². The second-order valence-electron chi connectivity index (χ2n) is 11.3. The number of likely N-dealkylation sites (tertiary alicyclic amines) is 2. The van der Waals surface area contributed by atoms with Crippen molar-refractivity contribution in [2.45, 2.75) is 58.0 Å². The first-order valence-electron chi connectivity index (χ1n) is 13.5. The molecule has 1 aromatic carbocycles. The molecule has 0 bridgehead atoms. The molecule has 0 radical (unpaired) electrons. The Morgan fingerprint density at radius 2 is 1.76 bits per heavy atom. The van der Waals surface area contributed by atoms with Gasteiger partial charge < -0.3 is 14.5 Å². The fourth-order valence-electron chi connectivity index (χ4n) is 5.91. The number of benzene rings is 1. The van der Waals surface area contributed by atoms with Crippen LogP contribution in [0.1, 0.15) is 57.4 Å². The van der Waals surface area contributed by atoms with E-state index in [0.717, 1.165) is 18.9 Å². The molecule has 0 spiro atoms. The fraction of sp³-hybridized carbons (Fsp3) is 0.552. The lowest BCUT2D eigenvalue weighted by molar-refractivity contribution is -0.144. The molecule has 6 nitrogen and oxygen atoms in total. The first kappa shape index (κ1) is 26.9. The van der Waals surface area contributed by atoms with Crippen molar-refractivity contribution in [3.63, 3.8) is 0 Å². The number of carbonyl (C=O) groups is 2. The van der Waals surface area contributed by atoms with Crippen molar-refractivity contribution in [3.8, 4) is 5.88 Å². The van der Waals surface area contributed by atoms with E-state index in [2.05, 4.69) is 4.98 Å². The molecule has 9 heteroatoms. The normalized spacial score (nSPS) is 24.1. The van der Waals surface area contributed by atoms with Crippen LogP contribution < -0.4 is 4.74 Å². The summed E-state index contributed by atoms with van der Waals surface area (Å²) in [6, 6.07) is 7.37. The molecule has 38 heavy (non-hydrogen) atoms. The van der Waals surface area contributed by atoms with Gasteiger partial charge in [-0.3, -0.25) is 9.59 Å². The van der Waals surface area contributed by atoms with Gasteiger partial charge in [-0.15, -0.1) is 0 Å². The number of halogens is 3. The maximum atomic E-state index is 14.2. The largest absolute Gasteiger partial charge is 0.474 e. The van der Waals surface area contributed by atoms with E-state index in [1.807, 2.05) is 23.6 Å². The maximum Gasteiger partial charge on any atom is 0.228 e. The van der Waals surface area contributed by atoms with Gasteiger partial charge in [-0.05, 0) is 62.8 Å². The Hall–Kier alpha value is -2.74. The van der Waals surface area contributed by atoms with Crippen LogP contribution in [0, 0.1) is 28.9 Å². The van der Waals surface area contributed by atoms with Crippen molar-refractivity contribution in [2.75, 3.05) is 26.2 Å². The molecule has 3 fully saturated rings. The van der Waals surface area contributed by atoms with Gasteiger partial charge in [0.05, 0.1) is 5.02 Å². The molecule has 1 aromatic heterocycles. The zero-order valence-corrected chi connectivity index (χ0v) is 22.6. The van der Waals surface area contributed by atoms with Crippen LogP contribution in [-0.2, 0) is 9.59 Å². The lowest BCUT2D eigenvalue weighted by Gasteiger charge is -2.43. The van der Waals surface area contributed by atoms with Crippen molar-refractivity contribution in [3.05, 3.63) is 58.7 Å². The van der Waals surface area contributed by atoms with Crippen LogP contribution in [0.2, 0.25) is 5.02 Å². The van der Waals surface area contributed by atoms with Crippen LogP contribution in [0.15, 0.2) is 36.5 Å². The SMILES string of the molecule is C[C@H](Oc1ccc(Cl)cn1)[C@H]1CCN(C(=O)C2CCN(C(=O)C3(C)CC3)CC2)C[C@@H]1c1ccc(F)c(F)c1. The van der Waals surface area contributed by atoms with Gasteiger partial charge in [0.15, 0.2) is 11.6 Å². The predicted octanol–water partition coefficient (Wildman–Crippen LogP) is 5.45. The first-order chi connectivity index (χ1) is 18.1. The number of hydrogen-bond donors (Lipinski definition) is 0. The third kappa shape index (κ3) is 5.65. The molecule has 0 unspecified atom stereocenters. The minimum Gasteiger partial charge on any atom is -0.474 e. The summed E-state index contributed by atoms with van der Waals surface area (Å²) in [5.74, 6) is -1.49. The topological polar surface area (TPSA) is 62.7 Å².